The maximum absolute atomic E-state index is 13.6. The Kier molecular flexibility index (Phi) is 6.33. The summed E-state index contributed by atoms with van der Waals surface area (Å²) in [6, 6.07) is 4.79. The van der Waals surface area contributed by atoms with Crippen molar-refractivity contribution in [1.29, 1.82) is 0 Å². The molecule has 3 saturated heterocycles. The maximum atomic E-state index is 13.6. The Hall–Kier alpha value is -3.63. The number of nitrogens with one attached hydrogen (secondary N) is 2. The van der Waals surface area contributed by atoms with E-state index in [1.165, 1.54) is 7.05 Å². The molecule has 3 fully saturated rings. The fourth-order valence-corrected chi connectivity index (χ4v) is 6.39. The predicted molar refractivity (Wildman–Crippen MR) is 132 cm³/mol. The second kappa shape index (κ2) is 9.35. The van der Waals surface area contributed by atoms with Crippen LogP contribution in [0.3, 0.4) is 0 Å². The first-order valence-electron chi connectivity index (χ1n) is 12.9. The lowest BCUT2D eigenvalue weighted by molar-refractivity contribution is -0.149. The van der Waals surface area contributed by atoms with Crippen LogP contribution >= 0.6 is 0 Å². The molecule has 1 atom stereocenters. The van der Waals surface area contributed by atoms with E-state index in [0.29, 0.717) is 50.1 Å². The normalized spacial score (nSPS) is 24.3. The lowest BCUT2D eigenvalue weighted by Gasteiger charge is -2.51. The van der Waals surface area contributed by atoms with E-state index in [-0.39, 0.29) is 36.3 Å². The van der Waals surface area contributed by atoms with Crippen molar-refractivity contribution in [3.63, 3.8) is 0 Å². The van der Waals surface area contributed by atoms with Crippen LogP contribution in [0.1, 0.15) is 56.6 Å². The lowest BCUT2D eigenvalue weighted by atomic mass is 9.78. The van der Waals surface area contributed by atoms with Crippen molar-refractivity contribution >= 4 is 35.5 Å². The van der Waals surface area contributed by atoms with Gasteiger partial charge in [0.25, 0.3) is 5.91 Å². The highest BCUT2D eigenvalue weighted by Gasteiger charge is 2.59. The molecular formula is C26H33N5O6. The molecule has 0 radical (unpaired) electrons. The number of urea groups is 1. The third-order valence-electron chi connectivity index (χ3n) is 8.42. The van der Waals surface area contributed by atoms with Gasteiger partial charge in [0.15, 0.2) is 0 Å². The summed E-state index contributed by atoms with van der Waals surface area (Å²) in [7, 11) is 1.52. The summed E-state index contributed by atoms with van der Waals surface area (Å²) in [6.07, 6.45) is 4.10. The number of amides is 6. The number of carbonyl (C=O) groups excluding carboxylic acids is 5. The third kappa shape index (κ3) is 4.19. The van der Waals surface area contributed by atoms with Crippen molar-refractivity contribution in [2.24, 2.45) is 0 Å². The molecule has 11 nitrogen and oxygen atoms in total. The van der Waals surface area contributed by atoms with Gasteiger partial charge in [-0.1, -0.05) is 6.07 Å². The zero-order chi connectivity index (χ0) is 26.4. The number of nitrogens with zero attached hydrogens (tertiary/aromatic N) is 3. The Labute approximate surface area is 215 Å². The lowest BCUT2D eigenvalue weighted by Crippen LogP contribution is -2.61. The molecule has 2 spiro atoms. The number of rotatable bonds is 3. The van der Waals surface area contributed by atoms with Gasteiger partial charge in [0.05, 0.1) is 0 Å². The van der Waals surface area contributed by atoms with Crippen LogP contribution in [0.2, 0.25) is 0 Å². The van der Waals surface area contributed by atoms with E-state index >= 15 is 0 Å². The zero-order valence-corrected chi connectivity index (χ0v) is 21.3. The molecule has 0 aromatic heterocycles. The van der Waals surface area contributed by atoms with Gasteiger partial charge in [-0.05, 0) is 56.2 Å². The minimum atomic E-state index is -1.44. The van der Waals surface area contributed by atoms with Crippen LogP contribution in [0.5, 0.6) is 0 Å². The SMILES string of the molecule is CNC(=O)Nc1ccc2c(c1)CCC21OC(=O)N(CC(=O)N2CCCCC23CCN(C(C)=O)CC3)C1=O. The van der Waals surface area contributed by atoms with E-state index in [2.05, 4.69) is 10.6 Å². The summed E-state index contributed by atoms with van der Waals surface area (Å²) in [5.74, 6) is -0.747. The fraction of sp³-hybridized carbons (Fsp3) is 0.577. The maximum Gasteiger partial charge on any atom is 0.418 e. The molecule has 3 aliphatic heterocycles. The Morgan fingerprint density at radius 1 is 1.03 bits per heavy atom. The first kappa shape index (κ1) is 25.0. The molecule has 5 rings (SSSR count). The summed E-state index contributed by atoms with van der Waals surface area (Å²) in [5.41, 5.74) is 0.194. The number of carbonyl (C=O) groups is 5. The molecule has 1 aromatic carbocycles. The van der Waals surface area contributed by atoms with Gasteiger partial charge in [0.1, 0.15) is 6.54 Å². The number of aryl methyl sites for hydroxylation is 1. The molecule has 37 heavy (non-hydrogen) atoms. The zero-order valence-electron chi connectivity index (χ0n) is 21.3. The highest BCUT2D eigenvalue weighted by Crippen LogP contribution is 2.46. The van der Waals surface area contributed by atoms with Gasteiger partial charge < -0.3 is 25.2 Å². The number of likely N-dealkylation sites (tertiary alicyclic amines) is 2. The van der Waals surface area contributed by atoms with Gasteiger partial charge in [0.2, 0.25) is 17.4 Å². The molecule has 2 N–H and O–H groups in total. The quantitative estimate of drug-likeness (QED) is 0.639. The number of imide groups is 1. The monoisotopic (exact) mass is 511 g/mol. The molecule has 0 bridgehead atoms. The van der Waals surface area contributed by atoms with Crippen LogP contribution in [0.4, 0.5) is 15.3 Å². The highest BCUT2D eigenvalue weighted by molar-refractivity contribution is 6.06. The molecular weight excluding hydrogens is 478 g/mol. The van der Waals surface area contributed by atoms with Crippen molar-refractivity contribution in [1.82, 2.24) is 20.0 Å². The summed E-state index contributed by atoms with van der Waals surface area (Å²) in [4.78, 5) is 68.1. The van der Waals surface area contributed by atoms with E-state index in [1.54, 1.807) is 30.0 Å². The van der Waals surface area contributed by atoms with Gasteiger partial charge in [0, 0.05) is 56.8 Å². The fourth-order valence-electron chi connectivity index (χ4n) is 6.39. The number of anilines is 1. The summed E-state index contributed by atoms with van der Waals surface area (Å²) in [5, 5.41) is 5.19. The van der Waals surface area contributed by atoms with Crippen LogP contribution < -0.4 is 10.6 Å². The highest BCUT2D eigenvalue weighted by atomic mass is 16.6. The molecule has 198 valence electrons. The molecule has 3 heterocycles. The average Bonchev–Trinajstić information content (AvgIpc) is 3.36. The van der Waals surface area contributed by atoms with Crippen molar-refractivity contribution in [2.45, 2.75) is 63.0 Å². The molecule has 6 amide bonds. The number of fused-ring (bicyclic) bond motifs is 2. The Balaban J connectivity index is 1.32. The number of ether oxygens (including phenoxy) is 1. The van der Waals surface area contributed by atoms with Crippen molar-refractivity contribution in [2.75, 3.05) is 38.5 Å². The minimum Gasteiger partial charge on any atom is -0.427 e. The van der Waals surface area contributed by atoms with E-state index in [9.17, 15) is 24.0 Å². The van der Waals surface area contributed by atoms with Gasteiger partial charge in [-0.15, -0.1) is 0 Å². The molecule has 0 saturated carbocycles. The van der Waals surface area contributed by atoms with Crippen LogP contribution in [-0.4, -0.2) is 83.3 Å². The average molecular weight is 512 g/mol. The molecule has 4 aliphatic rings. The van der Waals surface area contributed by atoms with E-state index < -0.39 is 17.6 Å². The standard InChI is InChI=1S/C26H33N5O6/c1-17(32)29-13-10-25(11-14-29)8-3-4-12-31(25)21(33)16-30-22(34)26(37-24(30)36)9-7-18-15-19(5-6-20(18)26)28-23(35)27-2/h5-6,15H,3-4,7-14,16H2,1-2H3,(H2,27,28,35). The minimum absolute atomic E-state index is 0.0348. The largest absolute Gasteiger partial charge is 0.427 e. The molecule has 1 aromatic rings. The van der Waals surface area contributed by atoms with Gasteiger partial charge >= 0.3 is 12.1 Å². The van der Waals surface area contributed by atoms with Crippen LogP contribution in [0.25, 0.3) is 0 Å². The smallest absolute Gasteiger partial charge is 0.418 e. The second-order valence-corrected chi connectivity index (χ2v) is 10.4. The van der Waals surface area contributed by atoms with Gasteiger partial charge in [-0.2, -0.15) is 0 Å². The van der Waals surface area contributed by atoms with E-state index in [0.717, 1.165) is 29.7 Å². The van der Waals surface area contributed by atoms with Crippen molar-refractivity contribution in [3.05, 3.63) is 29.3 Å². The number of hydrogen-bond donors (Lipinski definition) is 2. The van der Waals surface area contributed by atoms with Crippen LogP contribution in [0.15, 0.2) is 18.2 Å². The second-order valence-electron chi connectivity index (χ2n) is 10.4. The first-order chi connectivity index (χ1) is 17.7. The third-order valence-corrected chi connectivity index (χ3v) is 8.42. The Morgan fingerprint density at radius 2 is 1.78 bits per heavy atom. The van der Waals surface area contributed by atoms with E-state index in [1.807, 2.05) is 4.90 Å². The summed E-state index contributed by atoms with van der Waals surface area (Å²) < 4.78 is 5.69. The van der Waals surface area contributed by atoms with Crippen LogP contribution in [0, 0.1) is 0 Å². The number of piperidine rings is 2. The topological polar surface area (TPSA) is 128 Å². The summed E-state index contributed by atoms with van der Waals surface area (Å²) in [6.45, 7) is 2.97. The molecule has 1 aliphatic carbocycles. The van der Waals surface area contributed by atoms with Crippen LogP contribution in [-0.2, 0) is 31.1 Å². The first-order valence-corrected chi connectivity index (χ1v) is 12.9. The summed E-state index contributed by atoms with van der Waals surface area (Å²) >= 11 is 0. The number of hydrogen-bond acceptors (Lipinski definition) is 6. The Bertz CT molecular complexity index is 1160. The van der Waals surface area contributed by atoms with Crippen molar-refractivity contribution in [3.8, 4) is 0 Å². The molecule has 1 unspecified atom stereocenters. The molecule has 11 heteroatoms. The Morgan fingerprint density at radius 3 is 2.49 bits per heavy atom. The predicted octanol–water partition coefficient (Wildman–Crippen LogP) is 1.95. The van der Waals surface area contributed by atoms with Gasteiger partial charge in [-0.25, -0.2) is 14.5 Å². The van der Waals surface area contributed by atoms with Crippen molar-refractivity contribution < 1.29 is 28.7 Å². The van der Waals surface area contributed by atoms with Gasteiger partial charge in [-0.3, -0.25) is 14.4 Å². The van der Waals surface area contributed by atoms with E-state index in [4.69, 9.17) is 4.74 Å². The number of benzene rings is 1.